The first-order chi connectivity index (χ1) is 10.1. The molecule has 1 aromatic heterocycles. The molecule has 0 atom stereocenters. The minimum atomic E-state index is -3.66. The molecule has 1 N–H and O–H groups in total. The van der Waals surface area contributed by atoms with E-state index in [-0.39, 0.29) is 4.90 Å². The van der Waals surface area contributed by atoms with E-state index in [0.29, 0.717) is 21.2 Å². The van der Waals surface area contributed by atoms with Crippen LogP contribution in [0, 0.1) is 0 Å². The number of sulfonamides is 1. The van der Waals surface area contributed by atoms with E-state index in [1.165, 1.54) is 6.07 Å². The first-order valence-corrected chi connectivity index (χ1v) is 8.32. The smallest absolute Gasteiger partial charge is 0.263 e. The molecule has 0 aliphatic rings. The zero-order valence-corrected chi connectivity index (χ0v) is 13.1. The maximum absolute atomic E-state index is 12.4. The number of halogens is 1. The van der Waals surface area contributed by atoms with Gasteiger partial charge in [0, 0.05) is 16.9 Å². The van der Waals surface area contributed by atoms with Crippen molar-refractivity contribution in [2.75, 3.05) is 4.72 Å². The van der Waals surface area contributed by atoms with Gasteiger partial charge in [0.1, 0.15) is 4.90 Å². The van der Waals surface area contributed by atoms with Gasteiger partial charge >= 0.3 is 0 Å². The summed E-state index contributed by atoms with van der Waals surface area (Å²) >= 11 is 3.24. The largest absolute Gasteiger partial charge is 0.280 e. The van der Waals surface area contributed by atoms with Crippen molar-refractivity contribution < 1.29 is 8.42 Å². The van der Waals surface area contributed by atoms with E-state index >= 15 is 0 Å². The number of hydrogen-bond donors (Lipinski definition) is 1. The Balaban J connectivity index is 1.99. The molecule has 3 aromatic rings. The number of rotatable bonds is 3. The highest BCUT2D eigenvalue weighted by molar-refractivity contribution is 9.10. The van der Waals surface area contributed by atoms with Gasteiger partial charge in [0.2, 0.25) is 0 Å². The molecule has 0 aliphatic carbocycles. The maximum atomic E-state index is 12.4. The van der Waals surface area contributed by atoms with E-state index in [0.717, 1.165) is 0 Å². The fourth-order valence-electron chi connectivity index (χ4n) is 1.90. The summed E-state index contributed by atoms with van der Waals surface area (Å²) in [6.07, 6.45) is 3.15. The van der Waals surface area contributed by atoms with Crippen molar-refractivity contribution in [3.63, 3.8) is 0 Å². The van der Waals surface area contributed by atoms with Crippen LogP contribution in [0.25, 0.3) is 11.0 Å². The Hall–Kier alpha value is -1.99. The standard InChI is InChI=1S/C14H10BrN3O2S/c15-11-3-1-2-4-14(11)21(19,20)18-10-5-6-12-13(9-10)17-8-7-16-12/h1-9,18H. The van der Waals surface area contributed by atoms with Crippen LogP contribution in [0.5, 0.6) is 0 Å². The van der Waals surface area contributed by atoms with Crippen LogP contribution in [0.3, 0.4) is 0 Å². The molecule has 5 nitrogen and oxygen atoms in total. The molecular weight excluding hydrogens is 354 g/mol. The summed E-state index contributed by atoms with van der Waals surface area (Å²) in [5, 5.41) is 0. The normalized spacial score (nSPS) is 11.5. The number of nitrogens with zero attached hydrogens (tertiary/aromatic N) is 2. The molecule has 0 saturated carbocycles. The fraction of sp³-hybridized carbons (Fsp3) is 0. The van der Waals surface area contributed by atoms with Gasteiger partial charge in [-0.1, -0.05) is 12.1 Å². The Morgan fingerprint density at radius 1 is 0.952 bits per heavy atom. The molecular formula is C14H10BrN3O2S. The lowest BCUT2D eigenvalue weighted by molar-refractivity contribution is 0.601. The highest BCUT2D eigenvalue weighted by Gasteiger charge is 2.17. The summed E-state index contributed by atoms with van der Waals surface area (Å²) in [4.78, 5) is 8.48. The summed E-state index contributed by atoms with van der Waals surface area (Å²) in [7, 11) is -3.66. The summed E-state index contributed by atoms with van der Waals surface area (Å²) in [6, 6.07) is 11.7. The van der Waals surface area contributed by atoms with Gasteiger partial charge in [-0.05, 0) is 46.3 Å². The van der Waals surface area contributed by atoms with Gasteiger partial charge in [0.25, 0.3) is 10.0 Å². The zero-order chi connectivity index (χ0) is 14.9. The minimum absolute atomic E-state index is 0.184. The van der Waals surface area contributed by atoms with Crippen molar-refractivity contribution in [2.45, 2.75) is 4.90 Å². The van der Waals surface area contributed by atoms with E-state index in [4.69, 9.17) is 0 Å². The third kappa shape index (κ3) is 2.88. The van der Waals surface area contributed by atoms with E-state index in [9.17, 15) is 8.42 Å². The van der Waals surface area contributed by atoms with E-state index < -0.39 is 10.0 Å². The molecule has 0 radical (unpaired) electrons. The van der Waals surface area contributed by atoms with Crippen molar-refractivity contribution in [1.29, 1.82) is 0 Å². The first-order valence-electron chi connectivity index (χ1n) is 6.04. The second kappa shape index (κ2) is 5.42. The lowest BCUT2D eigenvalue weighted by Gasteiger charge is -2.09. The van der Waals surface area contributed by atoms with Crippen molar-refractivity contribution in [3.05, 3.63) is 59.3 Å². The molecule has 0 spiro atoms. The maximum Gasteiger partial charge on any atom is 0.263 e. The van der Waals surface area contributed by atoms with E-state index in [1.54, 1.807) is 48.8 Å². The molecule has 3 rings (SSSR count). The molecule has 0 amide bonds. The van der Waals surface area contributed by atoms with Crippen LogP contribution in [-0.4, -0.2) is 18.4 Å². The number of benzene rings is 2. The Bertz CT molecular complexity index is 913. The monoisotopic (exact) mass is 363 g/mol. The predicted octanol–water partition coefficient (Wildman–Crippen LogP) is 3.19. The Morgan fingerprint density at radius 3 is 2.43 bits per heavy atom. The number of aromatic nitrogens is 2. The van der Waals surface area contributed by atoms with Gasteiger partial charge < -0.3 is 0 Å². The first kappa shape index (κ1) is 14.0. The summed E-state index contributed by atoms with van der Waals surface area (Å²) < 4.78 is 27.8. The lowest BCUT2D eigenvalue weighted by atomic mass is 10.3. The second-order valence-electron chi connectivity index (χ2n) is 4.30. The predicted molar refractivity (Wildman–Crippen MR) is 84.5 cm³/mol. The quantitative estimate of drug-likeness (QED) is 0.775. The fourth-order valence-corrected chi connectivity index (χ4v) is 3.95. The molecule has 2 aromatic carbocycles. The van der Waals surface area contributed by atoms with E-state index in [2.05, 4.69) is 30.6 Å². The van der Waals surface area contributed by atoms with Crippen molar-refractivity contribution in [1.82, 2.24) is 9.97 Å². The number of fused-ring (bicyclic) bond motifs is 1. The number of nitrogens with one attached hydrogen (secondary N) is 1. The van der Waals surface area contributed by atoms with E-state index in [1.807, 2.05) is 0 Å². The van der Waals surface area contributed by atoms with Gasteiger partial charge in [-0.2, -0.15) is 0 Å². The minimum Gasteiger partial charge on any atom is -0.280 e. The van der Waals surface area contributed by atoms with Crippen molar-refractivity contribution in [2.24, 2.45) is 0 Å². The molecule has 0 saturated heterocycles. The topological polar surface area (TPSA) is 72.0 Å². The summed E-state index contributed by atoms with van der Waals surface area (Å²) in [5.41, 5.74) is 1.78. The zero-order valence-electron chi connectivity index (χ0n) is 10.7. The van der Waals surface area contributed by atoms with Crippen LogP contribution in [0.4, 0.5) is 5.69 Å². The molecule has 21 heavy (non-hydrogen) atoms. The Morgan fingerprint density at radius 2 is 1.67 bits per heavy atom. The summed E-state index contributed by atoms with van der Waals surface area (Å²) in [6.45, 7) is 0. The van der Waals surface area contributed by atoms with Gasteiger partial charge in [-0.25, -0.2) is 8.42 Å². The highest BCUT2D eigenvalue weighted by atomic mass is 79.9. The van der Waals surface area contributed by atoms with Gasteiger partial charge in [-0.15, -0.1) is 0 Å². The van der Waals surface area contributed by atoms with Crippen molar-refractivity contribution >= 4 is 42.7 Å². The Labute approximate surface area is 130 Å². The average Bonchev–Trinajstić information content (AvgIpc) is 2.47. The highest BCUT2D eigenvalue weighted by Crippen LogP contribution is 2.24. The molecule has 0 unspecified atom stereocenters. The molecule has 0 bridgehead atoms. The molecule has 0 aliphatic heterocycles. The Kier molecular flexibility index (Phi) is 3.60. The van der Waals surface area contributed by atoms with Gasteiger partial charge in [-0.3, -0.25) is 14.7 Å². The number of anilines is 1. The average molecular weight is 364 g/mol. The molecule has 106 valence electrons. The van der Waals surface area contributed by atoms with Crippen LogP contribution in [0.1, 0.15) is 0 Å². The van der Waals surface area contributed by atoms with Crippen LogP contribution in [-0.2, 0) is 10.0 Å². The number of hydrogen-bond acceptors (Lipinski definition) is 4. The molecule has 7 heteroatoms. The lowest BCUT2D eigenvalue weighted by Crippen LogP contribution is -2.13. The van der Waals surface area contributed by atoms with Crippen LogP contribution >= 0.6 is 15.9 Å². The third-order valence-corrected chi connectivity index (χ3v) is 5.24. The van der Waals surface area contributed by atoms with Crippen LogP contribution in [0.2, 0.25) is 0 Å². The molecule has 0 fully saturated rings. The summed E-state index contributed by atoms with van der Waals surface area (Å²) in [5.74, 6) is 0. The van der Waals surface area contributed by atoms with Crippen LogP contribution < -0.4 is 4.72 Å². The SMILES string of the molecule is O=S(=O)(Nc1ccc2nccnc2c1)c1ccccc1Br. The third-order valence-electron chi connectivity index (χ3n) is 2.85. The van der Waals surface area contributed by atoms with Crippen molar-refractivity contribution in [3.8, 4) is 0 Å². The second-order valence-corrected chi connectivity index (χ2v) is 6.80. The molecule has 1 heterocycles. The van der Waals surface area contributed by atoms with Gasteiger partial charge in [0.15, 0.2) is 0 Å². The van der Waals surface area contributed by atoms with Crippen LogP contribution in [0.15, 0.2) is 64.2 Å². The van der Waals surface area contributed by atoms with Gasteiger partial charge in [0.05, 0.1) is 16.7 Å².